The molecular weight excluding hydrogens is 290 g/mol. The Morgan fingerprint density at radius 1 is 1.09 bits per heavy atom. The Morgan fingerprint density at radius 3 is 2.59 bits per heavy atom. The second kappa shape index (κ2) is 7.01. The molecule has 2 aromatic rings. The summed E-state index contributed by atoms with van der Waals surface area (Å²) in [5.74, 6) is 1.72. The van der Waals surface area contributed by atoms with Gasteiger partial charge in [-0.15, -0.1) is 11.8 Å². The molecule has 1 amide bonds. The molecule has 0 unspecified atom stereocenters. The maximum Gasteiger partial charge on any atom is 0.232 e. The van der Waals surface area contributed by atoms with Crippen molar-refractivity contribution in [2.45, 2.75) is 25.6 Å². The molecule has 0 atom stereocenters. The van der Waals surface area contributed by atoms with E-state index in [-0.39, 0.29) is 5.91 Å². The van der Waals surface area contributed by atoms with E-state index in [0.717, 1.165) is 25.3 Å². The van der Waals surface area contributed by atoms with Crippen molar-refractivity contribution < 1.29 is 4.79 Å². The summed E-state index contributed by atoms with van der Waals surface area (Å²) in [6.07, 6.45) is 0.977. The van der Waals surface area contributed by atoms with Gasteiger partial charge in [0.05, 0.1) is 5.75 Å². The molecule has 0 spiro atoms. The lowest BCUT2D eigenvalue weighted by atomic mass is 10.00. The molecule has 1 aliphatic rings. The fourth-order valence-electron chi connectivity index (χ4n) is 2.74. The van der Waals surface area contributed by atoms with Crippen LogP contribution in [-0.4, -0.2) is 23.1 Å². The SMILES string of the molecule is Cc1ccc(CSCC(=O)N2CCc3ccccc3C2)cc1. The maximum atomic E-state index is 12.4. The van der Waals surface area contributed by atoms with Crippen molar-refractivity contribution in [3.05, 3.63) is 70.8 Å². The number of rotatable bonds is 4. The number of fused-ring (bicyclic) bond motifs is 1. The van der Waals surface area contributed by atoms with E-state index in [9.17, 15) is 4.79 Å². The van der Waals surface area contributed by atoms with Gasteiger partial charge in [0.1, 0.15) is 0 Å². The van der Waals surface area contributed by atoms with Crippen LogP contribution in [0.2, 0.25) is 0 Å². The number of hydrogen-bond acceptors (Lipinski definition) is 2. The average molecular weight is 311 g/mol. The Bertz CT molecular complexity index is 651. The Kier molecular flexibility index (Phi) is 4.84. The standard InChI is InChI=1S/C19H21NOS/c1-15-6-8-16(9-7-15)13-22-14-19(21)20-11-10-17-4-2-3-5-18(17)12-20/h2-9H,10-14H2,1H3. The van der Waals surface area contributed by atoms with Crippen LogP contribution in [0.15, 0.2) is 48.5 Å². The van der Waals surface area contributed by atoms with E-state index in [0.29, 0.717) is 5.75 Å². The molecule has 0 fully saturated rings. The summed E-state index contributed by atoms with van der Waals surface area (Å²) in [5, 5.41) is 0. The van der Waals surface area contributed by atoms with Crippen LogP contribution in [0.3, 0.4) is 0 Å². The van der Waals surface area contributed by atoms with Gasteiger partial charge in [-0.1, -0.05) is 54.1 Å². The van der Waals surface area contributed by atoms with Crippen LogP contribution in [0.5, 0.6) is 0 Å². The number of thioether (sulfide) groups is 1. The van der Waals surface area contributed by atoms with E-state index in [1.807, 2.05) is 4.90 Å². The van der Waals surface area contributed by atoms with E-state index in [4.69, 9.17) is 0 Å². The molecule has 1 aliphatic heterocycles. The van der Waals surface area contributed by atoms with Gasteiger partial charge < -0.3 is 4.90 Å². The third-order valence-electron chi connectivity index (χ3n) is 4.10. The normalized spacial score (nSPS) is 13.8. The molecule has 114 valence electrons. The molecule has 2 aromatic carbocycles. The van der Waals surface area contributed by atoms with E-state index in [1.54, 1.807) is 11.8 Å². The highest BCUT2D eigenvalue weighted by Gasteiger charge is 2.19. The lowest BCUT2D eigenvalue weighted by Crippen LogP contribution is -2.37. The van der Waals surface area contributed by atoms with Crippen LogP contribution >= 0.6 is 11.8 Å². The van der Waals surface area contributed by atoms with Gasteiger partial charge in [-0.2, -0.15) is 0 Å². The van der Waals surface area contributed by atoms with Gasteiger partial charge in [-0.3, -0.25) is 4.79 Å². The van der Waals surface area contributed by atoms with Gasteiger partial charge in [0.25, 0.3) is 0 Å². The van der Waals surface area contributed by atoms with Gasteiger partial charge in [0.15, 0.2) is 0 Å². The van der Waals surface area contributed by atoms with E-state index < -0.39 is 0 Å². The first-order valence-electron chi connectivity index (χ1n) is 7.70. The number of nitrogens with zero attached hydrogens (tertiary/aromatic N) is 1. The van der Waals surface area contributed by atoms with Gasteiger partial charge >= 0.3 is 0 Å². The molecular formula is C19H21NOS. The minimum atomic E-state index is 0.256. The summed E-state index contributed by atoms with van der Waals surface area (Å²) in [6.45, 7) is 3.70. The quantitative estimate of drug-likeness (QED) is 0.855. The zero-order chi connectivity index (χ0) is 15.4. The highest BCUT2D eigenvalue weighted by atomic mass is 32.2. The van der Waals surface area contributed by atoms with Crippen LogP contribution in [0.25, 0.3) is 0 Å². The molecule has 1 heterocycles. The number of carbonyl (C=O) groups excluding carboxylic acids is 1. The Morgan fingerprint density at radius 2 is 1.82 bits per heavy atom. The molecule has 0 saturated carbocycles. The van der Waals surface area contributed by atoms with Crippen molar-refractivity contribution in [3.63, 3.8) is 0 Å². The smallest absolute Gasteiger partial charge is 0.232 e. The van der Waals surface area contributed by atoms with Crippen molar-refractivity contribution in [3.8, 4) is 0 Å². The number of benzene rings is 2. The summed E-state index contributed by atoms with van der Waals surface area (Å²) < 4.78 is 0. The number of aryl methyl sites for hydroxylation is 1. The minimum absolute atomic E-state index is 0.256. The Balaban J connectivity index is 1.50. The van der Waals surface area contributed by atoms with Crippen LogP contribution in [0.1, 0.15) is 22.3 Å². The maximum absolute atomic E-state index is 12.4. The molecule has 0 aromatic heterocycles. The van der Waals surface area contributed by atoms with Crippen LogP contribution in [0, 0.1) is 6.92 Å². The highest BCUT2D eigenvalue weighted by Crippen LogP contribution is 2.20. The third-order valence-corrected chi connectivity index (χ3v) is 5.09. The van der Waals surface area contributed by atoms with Crippen molar-refractivity contribution in [1.29, 1.82) is 0 Å². The summed E-state index contributed by atoms with van der Waals surface area (Å²) in [5.41, 5.74) is 5.24. The predicted octanol–water partition coefficient (Wildman–Crippen LogP) is 3.81. The number of hydrogen-bond donors (Lipinski definition) is 0. The molecule has 0 N–H and O–H groups in total. The number of carbonyl (C=O) groups is 1. The molecule has 3 heteroatoms. The summed E-state index contributed by atoms with van der Waals surface area (Å²) in [7, 11) is 0. The van der Waals surface area contributed by atoms with E-state index in [1.165, 1.54) is 22.3 Å². The monoisotopic (exact) mass is 311 g/mol. The van der Waals surface area contributed by atoms with E-state index in [2.05, 4.69) is 55.5 Å². The second-order valence-corrected chi connectivity index (χ2v) is 6.80. The zero-order valence-electron chi connectivity index (χ0n) is 12.9. The predicted molar refractivity (Wildman–Crippen MR) is 92.9 cm³/mol. The van der Waals surface area contributed by atoms with Crippen molar-refractivity contribution in [2.24, 2.45) is 0 Å². The third kappa shape index (κ3) is 3.72. The largest absolute Gasteiger partial charge is 0.337 e. The zero-order valence-corrected chi connectivity index (χ0v) is 13.7. The topological polar surface area (TPSA) is 20.3 Å². The summed E-state index contributed by atoms with van der Waals surface area (Å²) in [4.78, 5) is 14.3. The molecule has 0 aliphatic carbocycles. The Labute approximate surface area is 136 Å². The van der Waals surface area contributed by atoms with Crippen LogP contribution in [-0.2, 0) is 23.5 Å². The van der Waals surface area contributed by atoms with Gasteiger partial charge in [-0.05, 0) is 30.0 Å². The van der Waals surface area contributed by atoms with Crippen molar-refractivity contribution in [2.75, 3.05) is 12.3 Å². The molecule has 0 saturated heterocycles. The van der Waals surface area contributed by atoms with Gasteiger partial charge in [0.2, 0.25) is 5.91 Å². The second-order valence-electron chi connectivity index (χ2n) is 5.81. The van der Waals surface area contributed by atoms with Gasteiger partial charge in [-0.25, -0.2) is 0 Å². The fourth-order valence-corrected chi connectivity index (χ4v) is 3.63. The Hall–Kier alpha value is -1.74. The van der Waals surface area contributed by atoms with Crippen LogP contribution < -0.4 is 0 Å². The summed E-state index contributed by atoms with van der Waals surface area (Å²) >= 11 is 1.70. The molecule has 22 heavy (non-hydrogen) atoms. The number of amides is 1. The fraction of sp³-hybridized carbons (Fsp3) is 0.316. The first kappa shape index (κ1) is 15.2. The first-order valence-corrected chi connectivity index (χ1v) is 8.86. The average Bonchev–Trinajstić information content (AvgIpc) is 2.56. The minimum Gasteiger partial charge on any atom is -0.337 e. The van der Waals surface area contributed by atoms with E-state index >= 15 is 0 Å². The molecule has 0 radical (unpaired) electrons. The molecule has 2 nitrogen and oxygen atoms in total. The van der Waals surface area contributed by atoms with Crippen molar-refractivity contribution >= 4 is 17.7 Å². The molecule has 0 bridgehead atoms. The van der Waals surface area contributed by atoms with Gasteiger partial charge in [0, 0.05) is 18.8 Å². The lowest BCUT2D eigenvalue weighted by Gasteiger charge is -2.28. The highest BCUT2D eigenvalue weighted by molar-refractivity contribution is 7.99. The molecule has 3 rings (SSSR count). The van der Waals surface area contributed by atoms with Crippen molar-refractivity contribution in [1.82, 2.24) is 4.90 Å². The lowest BCUT2D eigenvalue weighted by molar-refractivity contribution is -0.129. The van der Waals surface area contributed by atoms with Crippen LogP contribution in [0.4, 0.5) is 0 Å². The first-order chi connectivity index (χ1) is 10.7. The summed E-state index contributed by atoms with van der Waals surface area (Å²) in [6, 6.07) is 17.0.